The van der Waals surface area contributed by atoms with Crippen LogP contribution in [0.15, 0.2) is 33.8 Å². The maximum absolute atomic E-state index is 11.9. The number of rotatable bonds is 7. The molecule has 0 spiro atoms. The lowest BCUT2D eigenvalue weighted by atomic mass is 10.2. The van der Waals surface area contributed by atoms with Crippen molar-refractivity contribution in [1.82, 2.24) is 5.43 Å². The van der Waals surface area contributed by atoms with Gasteiger partial charge < -0.3 is 13.9 Å². The summed E-state index contributed by atoms with van der Waals surface area (Å²) in [7, 11) is 0. The summed E-state index contributed by atoms with van der Waals surface area (Å²) in [5, 5.41) is 3.96. The van der Waals surface area contributed by atoms with E-state index in [9.17, 15) is 4.79 Å². The molecule has 0 unspecified atom stereocenters. The van der Waals surface area contributed by atoms with Crippen LogP contribution in [-0.4, -0.2) is 25.3 Å². The summed E-state index contributed by atoms with van der Waals surface area (Å²) >= 11 is 2.18. The monoisotopic (exact) mass is 442 g/mol. The zero-order chi connectivity index (χ0) is 17.5. The Hall–Kier alpha value is -2.03. The van der Waals surface area contributed by atoms with E-state index in [1.807, 2.05) is 26.0 Å². The van der Waals surface area contributed by atoms with Crippen molar-refractivity contribution >= 4 is 34.7 Å². The molecule has 1 heterocycles. The summed E-state index contributed by atoms with van der Waals surface area (Å²) in [5.74, 6) is 1.87. The van der Waals surface area contributed by atoms with Gasteiger partial charge in [-0.1, -0.05) is 0 Å². The lowest BCUT2D eigenvalue weighted by Gasteiger charge is -2.13. The average Bonchev–Trinajstić information content (AvgIpc) is 2.97. The second-order valence-electron chi connectivity index (χ2n) is 4.81. The quantitative estimate of drug-likeness (QED) is 0.403. The van der Waals surface area contributed by atoms with Crippen molar-refractivity contribution in [3.63, 3.8) is 0 Å². The maximum atomic E-state index is 11.9. The van der Waals surface area contributed by atoms with Crippen LogP contribution in [0.3, 0.4) is 0 Å². The van der Waals surface area contributed by atoms with Crippen LogP contribution in [0.5, 0.6) is 11.5 Å². The summed E-state index contributed by atoms with van der Waals surface area (Å²) in [5.41, 5.74) is 3.23. The van der Waals surface area contributed by atoms with E-state index in [0.717, 1.165) is 9.13 Å². The molecule has 1 amide bonds. The van der Waals surface area contributed by atoms with Gasteiger partial charge in [0.2, 0.25) is 0 Å². The van der Waals surface area contributed by atoms with Crippen LogP contribution in [0.1, 0.15) is 35.7 Å². The predicted molar refractivity (Wildman–Crippen MR) is 100 cm³/mol. The molecule has 0 radical (unpaired) electrons. The molecule has 7 heteroatoms. The van der Waals surface area contributed by atoms with Gasteiger partial charge in [0.05, 0.1) is 23.0 Å². The van der Waals surface area contributed by atoms with Gasteiger partial charge in [-0.15, -0.1) is 0 Å². The zero-order valence-corrected chi connectivity index (χ0v) is 15.9. The summed E-state index contributed by atoms with van der Waals surface area (Å²) in [4.78, 5) is 11.9. The van der Waals surface area contributed by atoms with Crippen molar-refractivity contribution in [3.8, 4) is 11.5 Å². The van der Waals surface area contributed by atoms with E-state index in [-0.39, 0.29) is 5.76 Å². The third-order valence-electron chi connectivity index (χ3n) is 2.96. The van der Waals surface area contributed by atoms with E-state index in [1.165, 1.54) is 0 Å². The van der Waals surface area contributed by atoms with Gasteiger partial charge >= 0.3 is 5.91 Å². The highest BCUT2D eigenvalue weighted by molar-refractivity contribution is 14.1. The smallest absolute Gasteiger partial charge is 0.307 e. The minimum Gasteiger partial charge on any atom is -0.490 e. The van der Waals surface area contributed by atoms with E-state index >= 15 is 0 Å². The fourth-order valence-corrected chi connectivity index (χ4v) is 2.77. The normalized spacial score (nSPS) is 10.8. The Kier molecular flexibility index (Phi) is 6.65. The summed E-state index contributed by atoms with van der Waals surface area (Å²) in [6.45, 7) is 6.70. The Morgan fingerprint density at radius 1 is 1.29 bits per heavy atom. The molecule has 24 heavy (non-hydrogen) atoms. The molecule has 1 aromatic carbocycles. The van der Waals surface area contributed by atoms with Crippen LogP contribution in [-0.2, 0) is 0 Å². The Balaban J connectivity index is 2.12. The van der Waals surface area contributed by atoms with E-state index in [0.29, 0.717) is 30.5 Å². The number of ether oxygens (including phenoxy) is 2. The fourth-order valence-electron chi connectivity index (χ4n) is 1.99. The third kappa shape index (κ3) is 4.73. The first kappa shape index (κ1) is 18.3. The molecular formula is C17H19IN2O4. The Labute approximate surface area is 154 Å². The number of amides is 1. The minimum atomic E-state index is -0.398. The number of carbonyl (C=O) groups excluding carboxylic acids is 1. The van der Waals surface area contributed by atoms with Crippen LogP contribution in [0.25, 0.3) is 0 Å². The first-order chi connectivity index (χ1) is 11.5. The number of furan rings is 1. The van der Waals surface area contributed by atoms with Gasteiger partial charge in [-0.05, 0) is 73.2 Å². The number of nitrogens with one attached hydrogen (secondary N) is 1. The molecule has 0 atom stereocenters. The molecule has 2 aromatic rings. The largest absolute Gasteiger partial charge is 0.490 e. The van der Waals surface area contributed by atoms with Gasteiger partial charge in [0.15, 0.2) is 17.3 Å². The summed E-state index contributed by atoms with van der Waals surface area (Å²) in [6.07, 6.45) is 1.55. The number of carbonyl (C=O) groups is 1. The van der Waals surface area contributed by atoms with Gasteiger partial charge in [-0.25, -0.2) is 5.43 Å². The molecule has 1 N–H and O–H groups in total. The van der Waals surface area contributed by atoms with Crippen molar-refractivity contribution in [2.75, 3.05) is 13.2 Å². The highest BCUT2D eigenvalue weighted by Crippen LogP contribution is 2.33. The van der Waals surface area contributed by atoms with Gasteiger partial charge in [-0.2, -0.15) is 5.10 Å². The lowest BCUT2D eigenvalue weighted by Crippen LogP contribution is -2.16. The number of hydrazone groups is 1. The Morgan fingerprint density at radius 2 is 2.04 bits per heavy atom. The molecule has 0 fully saturated rings. The number of halogens is 1. The highest BCUT2D eigenvalue weighted by atomic mass is 127. The maximum Gasteiger partial charge on any atom is 0.307 e. The van der Waals surface area contributed by atoms with Crippen LogP contribution >= 0.6 is 22.6 Å². The van der Waals surface area contributed by atoms with E-state index in [1.54, 1.807) is 25.3 Å². The molecule has 6 nitrogen and oxygen atoms in total. The first-order valence-corrected chi connectivity index (χ1v) is 8.62. The highest BCUT2D eigenvalue weighted by Gasteiger charge is 2.12. The number of nitrogens with zero attached hydrogens (tertiary/aromatic N) is 1. The molecular weight excluding hydrogens is 423 g/mol. The van der Waals surface area contributed by atoms with Gasteiger partial charge in [-0.3, -0.25) is 4.79 Å². The summed E-state index contributed by atoms with van der Waals surface area (Å²) < 4.78 is 17.4. The molecule has 128 valence electrons. The molecule has 0 aliphatic carbocycles. The van der Waals surface area contributed by atoms with Gasteiger partial charge in [0.1, 0.15) is 5.76 Å². The molecule has 2 rings (SSSR count). The zero-order valence-electron chi connectivity index (χ0n) is 13.8. The topological polar surface area (TPSA) is 73.1 Å². The Morgan fingerprint density at radius 3 is 2.67 bits per heavy atom. The lowest BCUT2D eigenvalue weighted by molar-refractivity contribution is 0.0926. The van der Waals surface area contributed by atoms with Crippen LogP contribution in [0.2, 0.25) is 0 Å². The van der Waals surface area contributed by atoms with Crippen molar-refractivity contribution < 1.29 is 18.7 Å². The molecule has 0 bridgehead atoms. The molecule has 0 aliphatic rings. The Bertz CT molecular complexity index is 740. The fraction of sp³-hybridized carbons (Fsp3) is 0.294. The second-order valence-corrected chi connectivity index (χ2v) is 5.97. The van der Waals surface area contributed by atoms with Crippen LogP contribution < -0.4 is 14.9 Å². The van der Waals surface area contributed by atoms with Gasteiger partial charge in [0, 0.05) is 0 Å². The number of hydrogen-bond acceptors (Lipinski definition) is 5. The first-order valence-electron chi connectivity index (χ1n) is 7.54. The standard InChI is InChI=1S/C17H19IN2O4/c1-4-22-15-9-12(8-13(18)16(15)23-5-2)10-19-20-17(21)14-7-6-11(3)24-14/h6-10H,4-5H2,1-3H3,(H,20,21)/b19-10-. The number of aryl methyl sites for hydroxylation is 1. The number of benzene rings is 1. The molecule has 1 aromatic heterocycles. The number of hydrogen-bond donors (Lipinski definition) is 1. The second kappa shape index (κ2) is 8.72. The van der Waals surface area contributed by atoms with Crippen LogP contribution in [0.4, 0.5) is 0 Å². The minimum absolute atomic E-state index is 0.223. The van der Waals surface area contributed by atoms with E-state index in [2.05, 4.69) is 33.1 Å². The van der Waals surface area contributed by atoms with Crippen molar-refractivity contribution in [2.24, 2.45) is 5.10 Å². The SMILES string of the molecule is CCOc1cc(/C=N\NC(=O)c2ccc(C)o2)cc(I)c1OCC. The van der Waals surface area contributed by atoms with E-state index < -0.39 is 5.91 Å². The van der Waals surface area contributed by atoms with Gasteiger partial charge in [0.25, 0.3) is 0 Å². The van der Waals surface area contributed by atoms with Crippen LogP contribution in [0, 0.1) is 10.5 Å². The molecule has 0 saturated carbocycles. The third-order valence-corrected chi connectivity index (χ3v) is 3.77. The van der Waals surface area contributed by atoms with Crippen molar-refractivity contribution in [1.29, 1.82) is 0 Å². The predicted octanol–water partition coefficient (Wildman–Crippen LogP) is 3.75. The molecule has 0 saturated heterocycles. The average molecular weight is 442 g/mol. The van der Waals surface area contributed by atoms with Crippen molar-refractivity contribution in [2.45, 2.75) is 20.8 Å². The van der Waals surface area contributed by atoms with E-state index in [4.69, 9.17) is 13.9 Å². The molecule has 0 aliphatic heterocycles. The summed E-state index contributed by atoms with van der Waals surface area (Å²) in [6, 6.07) is 7.05. The van der Waals surface area contributed by atoms with Crippen molar-refractivity contribution in [3.05, 3.63) is 44.9 Å².